The second kappa shape index (κ2) is 4.16. The highest BCUT2D eigenvalue weighted by Crippen LogP contribution is 2.08. The van der Waals surface area contributed by atoms with Crippen molar-refractivity contribution in [2.45, 2.75) is 40.7 Å². The van der Waals surface area contributed by atoms with E-state index < -0.39 is 0 Å². The molecule has 0 radical (unpaired) electrons. The van der Waals surface area contributed by atoms with Crippen LogP contribution in [0.2, 0.25) is 0 Å². The number of hydrogen-bond donors (Lipinski definition) is 1. The van der Waals surface area contributed by atoms with Crippen molar-refractivity contribution in [3.05, 3.63) is 11.3 Å². The van der Waals surface area contributed by atoms with Crippen LogP contribution in [0, 0.1) is 5.41 Å². The Bertz CT molecular complexity index is 180. The molecule has 0 fully saturated rings. The summed E-state index contributed by atoms with van der Waals surface area (Å²) in [5.41, 5.74) is 1.50. The minimum absolute atomic E-state index is 0.198. The van der Waals surface area contributed by atoms with Gasteiger partial charge in [0.25, 0.3) is 0 Å². The summed E-state index contributed by atoms with van der Waals surface area (Å²) in [5, 5.41) is 7.34. The summed E-state index contributed by atoms with van der Waals surface area (Å²) in [7, 11) is 0. The van der Waals surface area contributed by atoms with E-state index in [0.29, 0.717) is 5.71 Å². The molecule has 2 heteroatoms. The van der Waals surface area contributed by atoms with Gasteiger partial charge in [0.15, 0.2) is 0 Å². The number of ether oxygens (including phenoxy) is 1. The fourth-order valence-electron chi connectivity index (χ4n) is 0.706. The molecule has 0 bridgehead atoms. The van der Waals surface area contributed by atoms with Crippen molar-refractivity contribution < 1.29 is 4.74 Å². The fourth-order valence-corrected chi connectivity index (χ4v) is 0.706. The summed E-state index contributed by atoms with van der Waals surface area (Å²) < 4.78 is 5.41. The van der Waals surface area contributed by atoms with Gasteiger partial charge in [-0.1, -0.05) is 0 Å². The first-order chi connectivity index (χ1) is 4.95. The summed E-state index contributed by atoms with van der Waals surface area (Å²) >= 11 is 0. The molecule has 0 aliphatic rings. The quantitative estimate of drug-likeness (QED) is 0.493. The van der Waals surface area contributed by atoms with Crippen molar-refractivity contribution >= 4 is 5.71 Å². The molecule has 0 unspecified atom stereocenters. The molecule has 64 valence electrons. The average Bonchev–Trinajstić information content (AvgIpc) is 1.84. The molecule has 11 heavy (non-hydrogen) atoms. The van der Waals surface area contributed by atoms with Crippen LogP contribution in [-0.4, -0.2) is 11.8 Å². The lowest BCUT2D eigenvalue weighted by Gasteiger charge is -2.12. The Hall–Kier alpha value is -0.790. The molecule has 0 saturated carbocycles. The van der Waals surface area contributed by atoms with Crippen LogP contribution in [-0.2, 0) is 4.74 Å². The molecule has 0 aromatic carbocycles. The molecular weight excluding hydrogens is 138 g/mol. The zero-order valence-corrected chi connectivity index (χ0v) is 7.99. The first kappa shape index (κ1) is 10.2. The second-order valence-corrected chi connectivity index (χ2v) is 2.97. The van der Waals surface area contributed by atoms with E-state index in [-0.39, 0.29) is 6.10 Å². The predicted octanol–water partition coefficient (Wildman–Crippen LogP) is 2.74. The third-order valence-electron chi connectivity index (χ3n) is 1.50. The van der Waals surface area contributed by atoms with E-state index >= 15 is 0 Å². The summed E-state index contributed by atoms with van der Waals surface area (Å²) in [6, 6.07) is 0. The monoisotopic (exact) mass is 155 g/mol. The van der Waals surface area contributed by atoms with Gasteiger partial charge in [-0.3, -0.25) is 0 Å². The van der Waals surface area contributed by atoms with Crippen molar-refractivity contribution in [3.63, 3.8) is 0 Å². The van der Waals surface area contributed by atoms with Gasteiger partial charge in [0, 0.05) is 11.3 Å². The van der Waals surface area contributed by atoms with Crippen LogP contribution in [0.15, 0.2) is 11.3 Å². The van der Waals surface area contributed by atoms with Gasteiger partial charge in [-0.05, 0) is 34.6 Å². The number of hydrogen-bond acceptors (Lipinski definition) is 2. The normalized spacial score (nSPS) is 12.9. The van der Waals surface area contributed by atoms with E-state index in [1.54, 1.807) is 6.92 Å². The average molecular weight is 155 g/mol. The smallest absolute Gasteiger partial charge is 0.0979 e. The molecular formula is C9H17NO. The summed E-state index contributed by atoms with van der Waals surface area (Å²) in [6.07, 6.45) is 0.198. The van der Waals surface area contributed by atoms with E-state index in [0.717, 1.165) is 11.3 Å². The molecule has 0 saturated heterocycles. The SMILES string of the molecule is CC(=N)/C(C)=C(/C)OC(C)C. The van der Waals surface area contributed by atoms with E-state index in [9.17, 15) is 0 Å². The Morgan fingerprint density at radius 3 is 1.91 bits per heavy atom. The maximum absolute atomic E-state index is 7.34. The number of allylic oxidation sites excluding steroid dienone is 2. The van der Waals surface area contributed by atoms with Gasteiger partial charge in [-0.15, -0.1) is 0 Å². The van der Waals surface area contributed by atoms with Crippen molar-refractivity contribution in [2.24, 2.45) is 0 Å². The van der Waals surface area contributed by atoms with E-state index in [2.05, 4.69) is 0 Å². The van der Waals surface area contributed by atoms with Gasteiger partial charge in [-0.2, -0.15) is 0 Å². The first-order valence-electron chi connectivity index (χ1n) is 3.84. The van der Waals surface area contributed by atoms with Crippen LogP contribution in [0.5, 0.6) is 0 Å². The lowest BCUT2D eigenvalue weighted by Crippen LogP contribution is -2.04. The molecule has 0 aliphatic carbocycles. The maximum Gasteiger partial charge on any atom is 0.0979 e. The van der Waals surface area contributed by atoms with Crippen LogP contribution in [0.1, 0.15) is 34.6 Å². The van der Waals surface area contributed by atoms with Gasteiger partial charge in [0.1, 0.15) is 0 Å². The zero-order valence-electron chi connectivity index (χ0n) is 7.99. The fraction of sp³-hybridized carbons (Fsp3) is 0.667. The Morgan fingerprint density at radius 1 is 1.18 bits per heavy atom. The van der Waals surface area contributed by atoms with Crippen molar-refractivity contribution in [2.75, 3.05) is 0 Å². The highest BCUT2D eigenvalue weighted by atomic mass is 16.5. The van der Waals surface area contributed by atoms with Crippen molar-refractivity contribution in [1.82, 2.24) is 0 Å². The van der Waals surface area contributed by atoms with Gasteiger partial charge in [-0.25, -0.2) is 0 Å². The molecule has 0 aromatic heterocycles. The molecule has 2 nitrogen and oxygen atoms in total. The Balaban J connectivity index is 4.28. The van der Waals surface area contributed by atoms with E-state index in [1.807, 2.05) is 27.7 Å². The Kier molecular flexibility index (Phi) is 3.86. The molecule has 0 aromatic rings. The molecule has 0 heterocycles. The molecule has 0 rings (SSSR count). The number of rotatable bonds is 3. The maximum atomic E-state index is 7.34. The molecule has 0 amide bonds. The Morgan fingerprint density at radius 2 is 1.64 bits per heavy atom. The van der Waals surface area contributed by atoms with Gasteiger partial charge < -0.3 is 10.1 Å². The predicted molar refractivity (Wildman–Crippen MR) is 48.0 cm³/mol. The third-order valence-corrected chi connectivity index (χ3v) is 1.50. The number of nitrogens with one attached hydrogen (secondary N) is 1. The van der Waals surface area contributed by atoms with Crippen LogP contribution >= 0.6 is 0 Å². The van der Waals surface area contributed by atoms with E-state index in [1.165, 1.54) is 0 Å². The summed E-state index contributed by atoms with van der Waals surface area (Å²) in [4.78, 5) is 0. The topological polar surface area (TPSA) is 33.1 Å². The van der Waals surface area contributed by atoms with Crippen LogP contribution in [0.25, 0.3) is 0 Å². The highest BCUT2D eigenvalue weighted by molar-refractivity contribution is 5.95. The zero-order chi connectivity index (χ0) is 9.02. The van der Waals surface area contributed by atoms with Crippen molar-refractivity contribution in [3.8, 4) is 0 Å². The van der Waals surface area contributed by atoms with Crippen LogP contribution < -0.4 is 0 Å². The van der Waals surface area contributed by atoms with Crippen LogP contribution in [0.3, 0.4) is 0 Å². The van der Waals surface area contributed by atoms with Crippen LogP contribution in [0.4, 0.5) is 0 Å². The van der Waals surface area contributed by atoms with Gasteiger partial charge >= 0.3 is 0 Å². The first-order valence-corrected chi connectivity index (χ1v) is 3.84. The van der Waals surface area contributed by atoms with Crippen molar-refractivity contribution in [1.29, 1.82) is 5.41 Å². The standard InChI is InChI=1S/C9H17NO/c1-6(2)11-9(5)7(3)8(4)10/h6,10H,1-5H3/b9-7-,10-8?. The second-order valence-electron chi connectivity index (χ2n) is 2.97. The molecule has 1 N–H and O–H groups in total. The van der Waals surface area contributed by atoms with Gasteiger partial charge in [0.2, 0.25) is 0 Å². The minimum atomic E-state index is 0.198. The lowest BCUT2D eigenvalue weighted by molar-refractivity contribution is 0.147. The summed E-state index contributed by atoms with van der Waals surface area (Å²) in [5.74, 6) is 0.854. The van der Waals surface area contributed by atoms with Gasteiger partial charge in [0.05, 0.1) is 11.9 Å². The Labute approximate surface area is 68.8 Å². The van der Waals surface area contributed by atoms with E-state index in [4.69, 9.17) is 10.1 Å². The lowest BCUT2D eigenvalue weighted by atomic mass is 10.2. The third kappa shape index (κ3) is 3.81. The molecule has 0 spiro atoms. The molecule has 0 aliphatic heterocycles. The largest absolute Gasteiger partial charge is 0.495 e. The summed E-state index contributed by atoms with van der Waals surface area (Å²) in [6.45, 7) is 9.53. The highest BCUT2D eigenvalue weighted by Gasteiger charge is 2.01. The minimum Gasteiger partial charge on any atom is -0.495 e. The molecule has 0 atom stereocenters.